The molecule has 0 aromatic carbocycles. The van der Waals surface area contributed by atoms with E-state index in [0.29, 0.717) is 12.2 Å². The number of hydrogen-bond donors (Lipinski definition) is 1. The zero-order valence-electron chi connectivity index (χ0n) is 10.3. The third-order valence-electron chi connectivity index (χ3n) is 2.44. The summed E-state index contributed by atoms with van der Waals surface area (Å²) >= 11 is 0. The van der Waals surface area contributed by atoms with Gasteiger partial charge in [0.15, 0.2) is 5.69 Å². The molecule has 0 radical (unpaired) electrons. The Morgan fingerprint density at radius 1 is 1.50 bits per heavy atom. The molecule has 0 amide bonds. The van der Waals surface area contributed by atoms with Crippen LogP contribution in [0.3, 0.4) is 0 Å². The number of rotatable bonds is 3. The fourth-order valence-corrected chi connectivity index (χ4v) is 1.66. The zero-order chi connectivity index (χ0) is 13.1. The van der Waals surface area contributed by atoms with E-state index in [1.54, 1.807) is 23.3 Å². The number of nitrogen functional groups attached to an aromatic ring is 1. The highest BCUT2D eigenvalue weighted by Crippen LogP contribution is 2.12. The van der Waals surface area contributed by atoms with Gasteiger partial charge in [0.2, 0.25) is 0 Å². The lowest BCUT2D eigenvalue weighted by atomic mass is 10.2. The van der Waals surface area contributed by atoms with Crippen LogP contribution in [0.1, 0.15) is 21.6 Å². The van der Waals surface area contributed by atoms with Gasteiger partial charge in [0.25, 0.3) is 0 Å². The first-order valence-corrected chi connectivity index (χ1v) is 5.42. The van der Waals surface area contributed by atoms with Gasteiger partial charge in [-0.05, 0) is 18.1 Å². The van der Waals surface area contributed by atoms with E-state index in [-0.39, 0.29) is 5.69 Å². The molecule has 18 heavy (non-hydrogen) atoms. The highest BCUT2D eigenvalue weighted by Gasteiger charge is 2.15. The van der Waals surface area contributed by atoms with Crippen molar-refractivity contribution in [1.82, 2.24) is 14.8 Å². The molecule has 6 heteroatoms. The highest BCUT2D eigenvalue weighted by atomic mass is 16.5. The molecule has 2 N–H and O–H groups in total. The maximum Gasteiger partial charge on any atom is 0.360 e. The van der Waals surface area contributed by atoms with Crippen molar-refractivity contribution in [2.45, 2.75) is 13.5 Å². The summed E-state index contributed by atoms with van der Waals surface area (Å²) in [5.41, 5.74) is 8.21. The number of anilines is 1. The largest absolute Gasteiger partial charge is 0.464 e. The molecule has 0 aliphatic rings. The van der Waals surface area contributed by atoms with Gasteiger partial charge >= 0.3 is 5.97 Å². The molecule has 2 aromatic rings. The van der Waals surface area contributed by atoms with E-state index >= 15 is 0 Å². The molecule has 0 fully saturated rings. The van der Waals surface area contributed by atoms with Crippen molar-refractivity contribution >= 4 is 11.7 Å². The van der Waals surface area contributed by atoms with Crippen LogP contribution in [-0.4, -0.2) is 27.8 Å². The molecule has 0 saturated heterocycles. The minimum atomic E-state index is -0.534. The van der Waals surface area contributed by atoms with Crippen molar-refractivity contribution in [2.24, 2.45) is 0 Å². The number of carbonyl (C=O) groups excluding carboxylic acids is 1. The lowest BCUT2D eigenvalue weighted by Crippen LogP contribution is -2.07. The number of aromatic nitrogens is 3. The van der Waals surface area contributed by atoms with Crippen molar-refractivity contribution in [2.75, 3.05) is 12.8 Å². The van der Waals surface area contributed by atoms with Gasteiger partial charge in [-0.1, -0.05) is 6.07 Å². The third-order valence-corrected chi connectivity index (χ3v) is 2.44. The second-order valence-corrected chi connectivity index (χ2v) is 3.99. The minimum Gasteiger partial charge on any atom is -0.464 e. The first-order chi connectivity index (χ1) is 8.60. The highest BCUT2D eigenvalue weighted by molar-refractivity contribution is 5.92. The molecule has 0 spiro atoms. The quantitative estimate of drug-likeness (QED) is 0.817. The molecule has 0 aliphatic carbocycles. The third kappa shape index (κ3) is 2.48. The summed E-state index contributed by atoms with van der Waals surface area (Å²) in [5, 5.41) is 4.09. The van der Waals surface area contributed by atoms with E-state index in [9.17, 15) is 4.79 Å². The number of nitrogens with two attached hydrogens (primary N) is 1. The van der Waals surface area contributed by atoms with Crippen LogP contribution in [0.5, 0.6) is 0 Å². The lowest BCUT2D eigenvalue weighted by molar-refractivity contribution is 0.0594. The summed E-state index contributed by atoms with van der Waals surface area (Å²) in [4.78, 5) is 15.5. The number of aryl methyl sites for hydroxylation is 1. The SMILES string of the molecule is COC(=O)c1nn(Cc2cncc(C)c2)cc1N. The van der Waals surface area contributed by atoms with Crippen molar-refractivity contribution < 1.29 is 9.53 Å². The molecule has 2 heterocycles. The van der Waals surface area contributed by atoms with Crippen molar-refractivity contribution in [3.8, 4) is 0 Å². The number of methoxy groups -OCH3 is 1. The van der Waals surface area contributed by atoms with Gasteiger partial charge in [-0.15, -0.1) is 0 Å². The van der Waals surface area contributed by atoms with Crippen LogP contribution in [0, 0.1) is 6.92 Å². The van der Waals surface area contributed by atoms with Crippen LogP contribution in [-0.2, 0) is 11.3 Å². The Morgan fingerprint density at radius 2 is 2.28 bits per heavy atom. The minimum absolute atomic E-state index is 0.137. The average molecular weight is 246 g/mol. The Bertz CT molecular complexity index is 577. The van der Waals surface area contributed by atoms with Crippen LogP contribution >= 0.6 is 0 Å². The maximum atomic E-state index is 11.4. The normalized spacial score (nSPS) is 10.3. The van der Waals surface area contributed by atoms with E-state index in [4.69, 9.17) is 5.73 Å². The van der Waals surface area contributed by atoms with E-state index < -0.39 is 5.97 Å². The molecule has 0 aliphatic heterocycles. The number of hydrogen-bond acceptors (Lipinski definition) is 5. The van der Waals surface area contributed by atoms with E-state index in [1.165, 1.54) is 7.11 Å². The summed E-state index contributed by atoms with van der Waals surface area (Å²) < 4.78 is 6.19. The molecular formula is C12H14N4O2. The Balaban J connectivity index is 2.23. The molecule has 0 unspecified atom stereocenters. The molecule has 6 nitrogen and oxygen atoms in total. The van der Waals surface area contributed by atoms with E-state index in [2.05, 4.69) is 14.8 Å². The van der Waals surface area contributed by atoms with Crippen LogP contribution in [0.15, 0.2) is 24.7 Å². The summed E-state index contributed by atoms with van der Waals surface area (Å²) in [5.74, 6) is -0.534. The first-order valence-electron chi connectivity index (χ1n) is 5.42. The number of nitrogens with zero attached hydrogens (tertiary/aromatic N) is 3. The van der Waals surface area contributed by atoms with Crippen molar-refractivity contribution in [3.05, 3.63) is 41.5 Å². The molecular weight excluding hydrogens is 232 g/mol. The topological polar surface area (TPSA) is 83.0 Å². The van der Waals surface area contributed by atoms with Gasteiger partial charge < -0.3 is 10.5 Å². The predicted molar refractivity (Wildman–Crippen MR) is 66.1 cm³/mol. The molecule has 0 saturated carbocycles. The molecule has 2 aromatic heterocycles. The Morgan fingerprint density at radius 3 is 2.94 bits per heavy atom. The van der Waals surface area contributed by atoms with Gasteiger partial charge in [0.05, 0.1) is 19.3 Å². The van der Waals surface area contributed by atoms with Gasteiger partial charge in [-0.3, -0.25) is 9.67 Å². The molecule has 2 rings (SSSR count). The predicted octanol–water partition coefficient (Wildman–Crippen LogP) is 1.00. The van der Waals surface area contributed by atoms with Crippen LogP contribution in [0.4, 0.5) is 5.69 Å². The zero-order valence-corrected chi connectivity index (χ0v) is 10.3. The smallest absolute Gasteiger partial charge is 0.360 e. The molecule has 0 atom stereocenters. The maximum absolute atomic E-state index is 11.4. The fraction of sp³-hybridized carbons (Fsp3) is 0.250. The monoisotopic (exact) mass is 246 g/mol. The van der Waals surface area contributed by atoms with Gasteiger partial charge in [0, 0.05) is 18.6 Å². The molecule has 0 bridgehead atoms. The summed E-state index contributed by atoms with van der Waals surface area (Å²) in [7, 11) is 1.30. The van der Waals surface area contributed by atoms with Gasteiger partial charge in [-0.2, -0.15) is 5.10 Å². The first kappa shape index (κ1) is 12.1. The van der Waals surface area contributed by atoms with Crippen LogP contribution in [0.25, 0.3) is 0 Å². The Kier molecular flexibility index (Phi) is 3.27. The number of carbonyl (C=O) groups is 1. The van der Waals surface area contributed by atoms with Gasteiger partial charge in [0.1, 0.15) is 0 Å². The van der Waals surface area contributed by atoms with Crippen LogP contribution < -0.4 is 5.73 Å². The number of pyridine rings is 1. The van der Waals surface area contributed by atoms with Crippen LogP contribution in [0.2, 0.25) is 0 Å². The Labute approximate surface area is 104 Å². The van der Waals surface area contributed by atoms with E-state index in [1.807, 2.05) is 13.0 Å². The summed E-state index contributed by atoms with van der Waals surface area (Å²) in [6.45, 7) is 2.48. The second kappa shape index (κ2) is 4.87. The number of ether oxygens (including phenoxy) is 1. The summed E-state index contributed by atoms with van der Waals surface area (Å²) in [6.07, 6.45) is 5.14. The second-order valence-electron chi connectivity index (χ2n) is 3.99. The number of esters is 1. The average Bonchev–Trinajstić information content (AvgIpc) is 2.69. The molecule has 94 valence electrons. The Hall–Kier alpha value is -2.37. The van der Waals surface area contributed by atoms with Gasteiger partial charge in [-0.25, -0.2) is 4.79 Å². The lowest BCUT2D eigenvalue weighted by Gasteiger charge is -2.02. The van der Waals surface area contributed by atoms with Crippen molar-refractivity contribution in [1.29, 1.82) is 0 Å². The standard InChI is InChI=1S/C12H14N4O2/c1-8-3-9(5-14-4-8)6-16-7-10(13)11(15-16)12(17)18-2/h3-5,7H,6,13H2,1-2H3. The van der Waals surface area contributed by atoms with Crippen molar-refractivity contribution in [3.63, 3.8) is 0 Å². The van der Waals surface area contributed by atoms with E-state index in [0.717, 1.165) is 11.1 Å². The fourth-order valence-electron chi connectivity index (χ4n) is 1.66. The summed E-state index contributed by atoms with van der Waals surface area (Å²) in [6, 6.07) is 2.00.